The van der Waals surface area contributed by atoms with Crippen LogP contribution in [0.4, 0.5) is 0 Å². The molecule has 0 saturated carbocycles. The van der Waals surface area contributed by atoms with Crippen LogP contribution in [-0.4, -0.2) is 30.8 Å². The van der Waals surface area contributed by atoms with Gasteiger partial charge in [0.2, 0.25) is 5.91 Å². The highest BCUT2D eigenvalue weighted by atomic mass is 32.1. The quantitative estimate of drug-likeness (QED) is 0.862. The van der Waals surface area contributed by atoms with Crippen LogP contribution in [0.5, 0.6) is 11.5 Å². The Bertz CT molecular complexity index is 718. The second kappa shape index (κ2) is 6.42. The lowest BCUT2D eigenvalue weighted by Crippen LogP contribution is -2.24. The Morgan fingerprint density at radius 3 is 2.48 bits per heavy atom. The minimum Gasteiger partial charge on any atom is -0.497 e. The molecule has 1 aromatic carbocycles. The van der Waals surface area contributed by atoms with E-state index in [0.717, 1.165) is 16.2 Å². The van der Waals surface area contributed by atoms with Crippen molar-refractivity contribution in [2.24, 2.45) is 5.10 Å². The second-order valence-electron chi connectivity index (χ2n) is 5.25. The summed E-state index contributed by atoms with van der Waals surface area (Å²) < 4.78 is 10.7. The summed E-state index contributed by atoms with van der Waals surface area (Å²) in [4.78, 5) is 13.1. The number of hydrogen-bond donors (Lipinski definition) is 0. The van der Waals surface area contributed by atoms with Gasteiger partial charge in [0.05, 0.1) is 30.9 Å². The lowest BCUT2D eigenvalue weighted by Gasteiger charge is -2.21. The van der Waals surface area contributed by atoms with Crippen LogP contribution >= 0.6 is 11.3 Å². The van der Waals surface area contributed by atoms with Crippen LogP contribution in [0.15, 0.2) is 40.8 Å². The predicted molar refractivity (Wildman–Crippen MR) is 90.3 cm³/mol. The van der Waals surface area contributed by atoms with Gasteiger partial charge in [0.25, 0.3) is 0 Å². The summed E-state index contributed by atoms with van der Waals surface area (Å²) in [5.41, 5.74) is 1.88. The molecule has 0 N–H and O–H groups in total. The van der Waals surface area contributed by atoms with E-state index in [0.29, 0.717) is 17.9 Å². The van der Waals surface area contributed by atoms with E-state index in [1.54, 1.807) is 30.6 Å². The third kappa shape index (κ3) is 3.07. The molecule has 1 atom stereocenters. The first-order valence-electron chi connectivity index (χ1n) is 7.26. The Labute approximate surface area is 139 Å². The first-order valence-corrected chi connectivity index (χ1v) is 8.14. The minimum absolute atomic E-state index is 0.0802. The fourth-order valence-electron chi connectivity index (χ4n) is 2.67. The van der Waals surface area contributed by atoms with Crippen molar-refractivity contribution in [3.8, 4) is 11.5 Å². The number of amides is 1. The van der Waals surface area contributed by atoms with Crippen LogP contribution in [0, 0.1) is 0 Å². The molecular formula is C17H18N2O3S. The summed E-state index contributed by atoms with van der Waals surface area (Å²) in [6.45, 7) is 1.53. The smallest absolute Gasteiger partial charge is 0.240 e. The summed E-state index contributed by atoms with van der Waals surface area (Å²) in [7, 11) is 3.23. The van der Waals surface area contributed by atoms with Gasteiger partial charge in [-0.1, -0.05) is 6.07 Å². The molecule has 1 aliphatic rings. The maximum atomic E-state index is 12.0. The summed E-state index contributed by atoms with van der Waals surface area (Å²) >= 11 is 1.63. The number of rotatable bonds is 4. The fraction of sp³-hybridized carbons (Fsp3) is 0.294. The Balaban J connectivity index is 1.97. The van der Waals surface area contributed by atoms with Crippen molar-refractivity contribution in [3.63, 3.8) is 0 Å². The van der Waals surface area contributed by atoms with E-state index in [9.17, 15) is 4.79 Å². The molecule has 5 nitrogen and oxygen atoms in total. The van der Waals surface area contributed by atoms with Crippen molar-refractivity contribution in [3.05, 3.63) is 46.2 Å². The summed E-state index contributed by atoms with van der Waals surface area (Å²) in [5, 5.41) is 8.08. The maximum Gasteiger partial charge on any atom is 0.240 e. The molecule has 1 amide bonds. The standard InChI is InChI=1S/C17H18N2O3S/c1-11(20)19-16(10-15(18-19)17-5-4-6-23-17)12-7-13(21-2)9-14(8-12)22-3/h4-9,16H,10H2,1-3H3. The van der Waals surface area contributed by atoms with Crippen molar-refractivity contribution in [2.45, 2.75) is 19.4 Å². The number of carbonyl (C=O) groups is 1. The number of hydrazone groups is 1. The highest BCUT2D eigenvalue weighted by Crippen LogP contribution is 2.37. The first kappa shape index (κ1) is 15.6. The molecule has 1 aliphatic heterocycles. The zero-order chi connectivity index (χ0) is 16.4. The Morgan fingerprint density at radius 2 is 1.96 bits per heavy atom. The van der Waals surface area contributed by atoms with E-state index in [-0.39, 0.29) is 11.9 Å². The Morgan fingerprint density at radius 1 is 1.26 bits per heavy atom. The van der Waals surface area contributed by atoms with Crippen molar-refractivity contribution < 1.29 is 14.3 Å². The van der Waals surface area contributed by atoms with E-state index < -0.39 is 0 Å². The second-order valence-corrected chi connectivity index (χ2v) is 6.20. The van der Waals surface area contributed by atoms with Gasteiger partial charge >= 0.3 is 0 Å². The molecule has 0 spiro atoms. The average molecular weight is 330 g/mol. The van der Waals surface area contributed by atoms with Gasteiger partial charge in [-0.3, -0.25) is 4.79 Å². The van der Waals surface area contributed by atoms with Crippen molar-refractivity contribution in [2.75, 3.05) is 14.2 Å². The van der Waals surface area contributed by atoms with Gasteiger partial charge in [-0.05, 0) is 29.1 Å². The topological polar surface area (TPSA) is 51.1 Å². The molecule has 0 radical (unpaired) electrons. The SMILES string of the molecule is COc1cc(OC)cc(C2CC(c3cccs3)=NN2C(C)=O)c1. The van der Waals surface area contributed by atoms with E-state index in [1.165, 1.54) is 6.92 Å². The lowest BCUT2D eigenvalue weighted by molar-refractivity contribution is -0.130. The molecule has 6 heteroatoms. The van der Waals surface area contributed by atoms with Crippen molar-refractivity contribution in [1.82, 2.24) is 5.01 Å². The average Bonchev–Trinajstić information content (AvgIpc) is 3.23. The Hall–Kier alpha value is -2.34. The molecule has 2 aromatic rings. The maximum absolute atomic E-state index is 12.0. The third-order valence-electron chi connectivity index (χ3n) is 3.80. The Kier molecular flexibility index (Phi) is 4.34. The van der Waals surface area contributed by atoms with Gasteiger partial charge < -0.3 is 9.47 Å². The number of ether oxygens (including phenoxy) is 2. The molecular weight excluding hydrogens is 312 g/mol. The van der Waals surface area contributed by atoms with Gasteiger partial charge in [-0.2, -0.15) is 5.10 Å². The predicted octanol–water partition coefficient (Wildman–Crippen LogP) is 3.46. The van der Waals surface area contributed by atoms with Gasteiger partial charge in [0.1, 0.15) is 11.5 Å². The number of methoxy groups -OCH3 is 2. The van der Waals surface area contributed by atoms with E-state index in [4.69, 9.17) is 9.47 Å². The highest BCUT2D eigenvalue weighted by molar-refractivity contribution is 7.12. The molecule has 2 heterocycles. The van der Waals surface area contributed by atoms with Crippen LogP contribution < -0.4 is 9.47 Å². The van der Waals surface area contributed by atoms with Crippen LogP contribution in [0.25, 0.3) is 0 Å². The van der Waals surface area contributed by atoms with E-state index >= 15 is 0 Å². The van der Waals surface area contributed by atoms with Crippen LogP contribution in [0.2, 0.25) is 0 Å². The minimum atomic E-state index is -0.145. The number of benzene rings is 1. The van der Waals surface area contributed by atoms with E-state index in [2.05, 4.69) is 5.10 Å². The number of hydrogen-bond acceptors (Lipinski definition) is 5. The number of nitrogens with zero attached hydrogens (tertiary/aromatic N) is 2. The molecule has 3 rings (SSSR count). The number of thiophene rings is 1. The molecule has 120 valence electrons. The zero-order valence-corrected chi connectivity index (χ0v) is 14.1. The fourth-order valence-corrected chi connectivity index (χ4v) is 3.39. The first-order chi connectivity index (χ1) is 11.1. The van der Waals surface area contributed by atoms with Crippen LogP contribution in [0.1, 0.15) is 29.8 Å². The molecule has 23 heavy (non-hydrogen) atoms. The largest absolute Gasteiger partial charge is 0.497 e. The molecule has 0 bridgehead atoms. The summed E-state index contributed by atoms with van der Waals surface area (Å²) in [5.74, 6) is 1.32. The van der Waals surface area contributed by atoms with Gasteiger partial charge in [-0.25, -0.2) is 5.01 Å². The highest BCUT2D eigenvalue weighted by Gasteiger charge is 2.32. The molecule has 1 aromatic heterocycles. The third-order valence-corrected chi connectivity index (χ3v) is 4.72. The van der Waals surface area contributed by atoms with Crippen LogP contribution in [-0.2, 0) is 4.79 Å². The molecule has 0 saturated heterocycles. The zero-order valence-electron chi connectivity index (χ0n) is 13.3. The summed E-state index contributed by atoms with van der Waals surface area (Å²) in [6.07, 6.45) is 0.677. The molecule has 0 aliphatic carbocycles. The molecule has 1 unspecified atom stereocenters. The van der Waals surface area contributed by atoms with Crippen molar-refractivity contribution >= 4 is 23.0 Å². The normalized spacial score (nSPS) is 17.1. The monoisotopic (exact) mass is 330 g/mol. The van der Waals surface area contributed by atoms with Crippen molar-refractivity contribution in [1.29, 1.82) is 0 Å². The van der Waals surface area contributed by atoms with E-state index in [1.807, 2.05) is 35.7 Å². The van der Waals surface area contributed by atoms with Crippen LogP contribution in [0.3, 0.4) is 0 Å². The van der Waals surface area contributed by atoms with Gasteiger partial charge in [0, 0.05) is 19.4 Å². The summed E-state index contributed by atoms with van der Waals surface area (Å²) in [6, 6.07) is 9.54. The lowest BCUT2D eigenvalue weighted by atomic mass is 10.0. The number of carbonyl (C=O) groups excluding carboxylic acids is 1. The van der Waals surface area contributed by atoms with Gasteiger partial charge in [-0.15, -0.1) is 11.3 Å². The molecule has 0 fully saturated rings. The van der Waals surface area contributed by atoms with Gasteiger partial charge in [0.15, 0.2) is 0 Å².